The molecular weight excluding hydrogens is 176 g/mol. The van der Waals surface area contributed by atoms with E-state index in [2.05, 4.69) is 4.98 Å². The molecule has 3 nitrogen and oxygen atoms in total. The molecule has 1 aliphatic carbocycles. The Labute approximate surface area is 84.3 Å². The maximum atomic E-state index is 5.64. The average molecular weight is 192 g/mol. The standard InChI is InChI=1S/C11H16N2O/c12-7-10-3-5-13-8-11(10)14-6-4-9-1-2-9/h3,5,8-9H,1-2,4,6-7,12H2. The summed E-state index contributed by atoms with van der Waals surface area (Å²) in [6.45, 7) is 1.31. The normalized spacial score (nSPS) is 15.5. The van der Waals surface area contributed by atoms with Crippen LogP contribution < -0.4 is 10.5 Å². The summed E-state index contributed by atoms with van der Waals surface area (Å²) >= 11 is 0. The molecule has 14 heavy (non-hydrogen) atoms. The van der Waals surface area contributed by atoms with E-state index in [1.807, 2.05) is 6.07 Å². The molecular formula is C11H16N2O. The van der Waals surface area contributed by atoms with Gasteiger partial charge in [0.15, 0.2) is 0 Å². The molecule has 3 heteroatoms. The minimum absolute atomic E-state index is 0.515. The highest BCUT2D eigenvalue weighted by atomic mass is 16.5. The smallest absolute Gasteiger partial charge is 0.142 e. The van der Waals surface area contributed by atoms with Crippen molar-refractivity contribution in [2.24, 2.45) is 11.7 Å². The quantitative estimate of drug-likeness (QED) is 0.772. The molecule has 0 atom stereocenters. The second kappa shape index (κ2) is 4.42. The number of hydrogen-bond acceptors (Lipinski definition) is 3. The Hall–Kier alpha value is -1.09. The van der Waals surface area contributed by atoms with E-state index in [1.165, 1.54) is 19.3 Å². The van der Waals surface area contributed by atoms with Crippen molar-refractivity contribution in [2.45, 2.75) is 25.8 Å². The zero-order chi connectivity index (χ0) is 9.80. The molecule has 1 aliphatic rings. The molecule has 0 radical (unpaired) electrons. The van der Waals surface area contributed by atoms with Gasteiger partial charge in [-0.2, -0.15) is 0 Å². The molecule has 1 heterocycles. The highest BCUT2D eigenvalue weighted by Crippen LogP contribution is 2.32. The van der Waals surface area contributed by atoms with Crippen LogP contribution in [0.15, 0.2) is 18.5 Å². The summed E-state index contributed by atoms with van der Waals surface area (Å²) < 4.78 is 5.64. The zero-order valence-electron chi connectivity index (χ0n) is 8.28. The Balaban J connectivity index is 1.86. The summed E-state index contributed by atoms with van der Waals surface area (Å²) in [5.41, 5.74) is 6.62. The molecule has 2 N–H and O–H groups in total. The average Bonchev–Trinajstić information content (AvgIpc) is 3.03. The van der Waals surface area contributed by atoms with Crippen molar-refractivity contribution in [3.05, 3.63) is 24.0 Å². The van der Waals surface area contributed by atoms with Crippen molar-refractivity contribution >= 4 is 0 Å². The summed E-state index contributed by atoms with van der Waals surface area (Å²) in [5, 5.41) is 0. The second-order valence-corrected chi connectivity index (χ2v) is 3.77. The third-order valence-corrected chi connectivity index (χ3v) is 2.57. The highest BCUT2D eigenvalue weighted by Gasteiger charge is 2.20. The molecule has 0 aliphatic heterocycles. The Morgan fingerprint density at radius 1 is 1.50 bits per heavy atom. The fourth-order valence-corrected chi connectivity index (χ4v) is 1.45. The molecule has 0 unspecified atom stereocenters. The molecule has 0 aromatic carbocycles. The molecule has 0 saturated heterocycles. The first-order valence-corrected chi connectivity index (χ1v) is 5.16. The number of pyridine rings is 1. The fraction of sp³-hybridized carbons (Fsp3) is 0.545. The summed E-state index contributed by atoms with van der Waals surface area (Å²) in [6, 6.07) is 1.91. The van der Waals surface area contributed by atoms with Crippen LogP contribution in [0.4, 0.5) is 0 Å². The SMILES string of the molecule is NCc1ccncc1OCCC1CC1. The van der Waals surface area contributed by atoms with Crippen LogP contribution in [0.1, 0.15) is 24.8 Å². The van der Waals surface area contributed by atoms with Crippen molar-refractivity contribution in [1.29, 1.82) is 0 Å². The number of nitrogens with two attached hydrogens (primary N) is 1. The Morgan fingerprint density at radius 3 is 3.07 bits per heavy atom. The van der Waals surface area contributed by atoms with Gasteiger partial charge in [-0.1, -0.05) is 12.8 Å². The minimum Gasteiger partial charge on any atom is -0.492 e. The fourth-order valence-electron chi connectivity index (χ4n) is 1.45. The third kappa shape index (κ3) is 2.45. The molecule has 2 rings (SSSR count). The molecule has 1 fully saturated rings. The van der Waals surface area contributed by atoms with Crippen LogP contribution in [-0.4, -0.2) is 11.6 Å². The van der Waals surface area contributed by atoms with Crippen LogP contribution >= 0.6 is 0 Å². The number of rotatable bonds is 5. The first-order chi connectivity index (χ1) is 6.90. The van der Waals surface area contributed by atoms with Gasteiger partial charge in [-0.25, -0.2) is 0 Å². The Bertz CT molecular complexity index is 297. The number of hydrogen-bond donors (Lipinski definition) is 1. The van der Waals surface area contributed by atoms with Crippen LogP contribution in [0, 0.1) is 5.92 Å². The van der Waals surface area contributed by atoms with Gasteiger partial charge in [0.25, 0.3) is 0 Å². The first kappa shape index (κ1) is 9.46. The van der Waals surface area contributed by atoms with Gasteiger partial charge in [0.2, 0.25) is 0 Å². The van der Waals surface area contributed by atoms with E-state index in [0.29, 0.717) is 6.54 Å². The molecule has 76 valence electrons. The van der Waals surface area contributed by atoms with Crippen molar-refractivity contribution in [3.63, 3.8) is 0 Å². The second-order valence-electron chi connectivity index (χ2n) is 3.77. The van der Waals surface area contributed by atoms with E-state index in [9.17, 15) is 0 Å². The largest absolute Gasteiger partial charge is 0.492 e. The van der Waals surface area contributed by atoms with Crippen LogP contribution in [0.25, 0.3) is 0 Å². The van der Waals surface area contributed by atoms with Gasteiger partial charge >= 0.3 is 0 Å². The topological polar surface area (TPSA) is 48.1 Å². The molecule has 0 amide bonds. The van der Waals surface area contributed by atoms with E-state index in [4.69, 9.17) is 10.5 Å². The molecule has 0 spiro atoms. The van der Waals surface area contributed by atoms with Gasteiger partial charge in [-0.3, -0.25) is 4.98 Å². The third-order valence-electron chi connectivity index (χ3n) is 2.57. The molecule has 1 aromatic heterocycles. The monoisotopic (exact) mass is 192 g/mol. The maximum absolute atomic E-state index is 5.64. The lowest BCUT2D eigenvalue weighted by molar-refractivity contribution is 0.298. The lowest BCUT2D eigenvalue weighted by Crippen LogP contribution is -2.04. The van der Waals surface area contributed by atoms with E-state index in [0.717, 1.165) is 23.8 Å². The first-order valence-electron chi connectivity index (χ1n) is 5.16. The Morgan fingerprint density at radius 2 is 2.36 bits per heavy atom. The van der Waals surface area contributed by atoms with Gasteiger partial charge < -0.3 is 10.5 Å². The zero-order valence-corrected chi connectivity index (χ0v) is 8.28. The van der Waals surface area contributed by atoms with Crippen molar-refractivity contribution in [3.8, 4) is 5.75 Å². The molecule has 1 aromatic rings. The minimum atomic E-state index is 0.515. The predicted molar refractivity (Wildman–Crippen MR) is 55.0 cm³/mol. The Kier molecular flexibility index (Phi) is 2.99. The number of nitrogens with zero attached hydrogens (tertiary/aromatic N) is 1. The summed E-state index contributed by atoms with van der Waals surface area (Å²) in [4.78, 5) is 4.03. The van der Waals surface area contributed by atoms with E-state index >= 15 is 0 Å². The molecule has 0 bridgehead atoms. The van der Waals surface area contributed by atoms with Gasteiger partial charge in [0.05, 0.1) is 12.8 Å². The molecule has 1 saturated carbocycles. The summed E-state index contributed by atoms with van der Waals surface area (Å²) in [7, 11) is 0. The van der Waals surface area contributed by atoms with E-state index in [-0.39, 0.29) is 0 Å². The number of aromatic nitrogens is 1. The van der Waals surface area contributed by atoms with Gasteiger partial charge in [0.1, 0.15) is 5.75 Å². The van der Waals surface area contributed by atoms with Crippen LogP contribution in [0.2, 0.25) is 0 Å². The van der Waals surface area contributed by atoms with Crippen molar-refractivity contribution < 1.29 is 4.74 Å². The van der Waals surface area contributed by atoms with Gasteiger partial charge in [-0.05, 0) is 18.4 Å². The summed E-state index contributed by atoms with van der Waals surface area (Å²) in [6.07, 6.45) is 7.41. The van der Waals surface area contributed by atoms with E-state index in [1.54, 1.807) is 12.4 Å². The maximum Gasteiger partial charge on any atom is 0.142 e. The van der Waals surface area contributed by atoms with Gasteiger partial charge in [-0.15, -0.1) is 0 Å². The lowest BCUT2D eigenvalue weighted by atomic mass is 10.2. The highest BCUT2D eigenvalue weighted by molar-refractivity contribution is 5.29. The van der Waals surface area contributed by atoms with Crippen LogP contribution in [-0.2, 0) is 6.54 Å². The van der Waals surface area contributed by atoms with E-state index < -0.39 is 0 Å². The van der Waals surface area contributed by atoms with Gasteiger partial charge in [0, 0.05) is 18.3 Å². The van der Waals surface area contributed by atoms with Crippen molar-refractivity contribution in [1.82, 2.24) is 4.98 Å². The van der Waals surface area contributed by atoms with Crippen LogP contribution in [0.5, 0.6) is 5.75 Å². The predicted octanol–water partition coefficient (Wildman–Crippen LogP) is 1.72. The van der Waals surface area contributed by atoms with Crippen LogP contribution in [0.3, 0.4) is 0 Å². The van der Waals surface area contributed by atoms with Crippen molar-refractivity contribution in [2.75, 3.05) is 6.61 Å². The lowest BCUT2D eigenvalue weighted by Gasteiger charge is -2.08. The summed E-state index contributed by atoms with van der Waals surface area (Å²) in [5.74, 6) is 1.75. The number of ether oxygens (including phenoxy) is 1.